The van der Waals surface area contributed by atoms with E-state index in [1.807, 2.05) is 0 Å². The van der Waals surface area contributed by atoms with Gasteiger partial charge in [0.25, 0.3) is 0 Å². The summed E-state index contributed by atoms with van der Waals surface area (Å²) in [5.74, 6) is -1.05. The third-order valence-electron chi connectivity index (χ3n) is 5.66. The monoisotopic (exact) mass is 499 g/mol. The van der Waals surface area contributed by atoms with Crippen LogP contribution in [0.3, 0.4) is 0 Å². The summed E-state index contributed by atoms with van der Waals surface area (Å²) >= 11 is 0. The SMILES string of the molecule is COc1ccc(NC(=O)N(Cc2ccc(F)cc2F)C[C@@H]2CC(c3ccccc3F)=NO2)c(OC)c1. The molecule has 0 bridgehead atoms. The van der Waals surface area contributed by atoms with Crippen molar-refractivity contribution >= 4 is 17.4 Å². The Balaban J connectivity index is 1.54. The molecule has 0 unspecified atom stereocenters. The van der Waals surface area contributed by atoms with Crippen LogP contribution in [0.4, 0.5) is 23.7 Å². The number of oxime groups is 1. The highest BCUT2D eigenvalue weighted by Gasteiger charge is 2.29. The Morgan fingerprint density at radius 3 is 2.58 bits per heavy atom. The number of ether oxygens (including phenoxy) is 2. The van der Waals surface area contributed by atoms with E-state index in [0.29, 0.717) is 28.5 Å². The Kier molecular flexibility index (Phi) is 7.62. The Hall–Kier alpha value is -4.21. The zero-order valence-electron chi connectivity index (χ0n) is 19.6. The van der Waals surface area contributed by atoms with Crippen molar-refractivity contribution in [3.8, 4) is 11.5 Å². The topological polar surface area (TPSA) is 72.4 Å². The molecule has 1 atom stereocenters. The number of carbonyl (C=O) groups is 1. The summed E-state index contributed by atoms with van der Waals surface area (Å²) in [6, 6.07) is 13.6. The lowest BCUT2D eigenvalue weighted by atomic mass is 10.0. The highest BCUT2D eigenvalue weighted by Crippen LogP contribution is 2.30. The summed E-state index contributed by atoms with van der Waals surface area (Å²) in [7, 11) is 2.95. The molecule has 0 saturated carbocycles. The molecule has 36 heavy (non-hydrogen) atoms. The number of halogens is 3. The van der Waals surface area contributed by atoms with Gasteiger partial charge in [-0.1, -0.05) is 29.4 Å². The summed E-state index contributed by atoms with van der Waals surface area (Å²) in [6.45, 7) is -0.173. The standard InChI is InChI=1S/C26H24F3N3O4/c1-34-18-9-10-23(25(13-18)35-2)30-26(33)32(14-16-7-8-17(27)11-22(16)29)15-19-12-24(31-36-19)20-5-3-4-6-21(20)28/h3-11,13,19H,12,14-15H2,1-2H3,(H,30,33)/t19-/m0/s1. The van der Waals surface area contributed by atoms with E-state index in [9.17, 15) is 18.0 Å². The molecule has 3 aromatic carbocycles. The molecule has 1 N–H and O–H groups in total. The van der Waals surface area contributed by atoms with Crippen LogP contribution in [0.1, 0.15) is 17.5 Å². The van der Waals surface area contributed by atoms with E-state index < -0.39 is 29.6 Å². The second-order valence-electron chi connectivity index (χ2n) is 8.06. The third kappa shape index (κ3) is 5.70. The average molecular weight is 499 g/mol. The molecule has 2 amide bonds. The number of anilines is 1. The first-order valence-corrected chi connectivity index (χ1v) is 11.1. The van der Waals surface area contributed by atoms with Crippen LogP contribution in [0, 0.1) is 17.5 Å². The molecular formula is C26H24F3N3O4. The van der Waals surface area contributed by atoms with Crippen LogP contribution < -0.4 is 14.8 Å². The quantitative estimate of drug-likeness (QED) is 0.454. The van der Waals surface area contributed by atoms with Gasteiger partial charge in [0, 0.05) is 29.7 Å². The van der Waals surface area contributed by atoms with Crippen molar-refractivity contribution in [3.63, 3.8) is 0 Å². The number of carbonyl (C=O) groups excluding carboxylic acids is 1. The number of hydrogen-bond donors (Lipinski definition) is 1. The highest BCUT2D eigenvalue weighted by molar-refractivity contribution is 6.01. The number of nitrogens with one attached hydrogen (secondary N) is 1. The maximum Gasteiger partial charge on any atom is 0.322 e. The molecule has 3 aromatic rings. The van der Waals surface area contributed by atoms with Crippen LogP contribution in [0.15, 0.2) is 65.8 Å². The van der Waals surface area contributed by atoms with Crippen molar-refractivity contribution in [3.05, 3.63) is 89.2 Å². The van der Waals surface area contributed by atoms with Gasteiger partial charge in [-0.2, -0.15) is 0 Å². The van der Waals surface area contributed by atoms with Gasteiger partial charge in [-0.15, -0.1) is 0 Å². The molecule has 1 aliphatic heterocycles. The molecule has 7 nitrogen and oxygen atoms in total. The van der Waals surface area contributed by atoms with Gasteiger partial charge in [-0.05, 0) is 24.3 Å². The van der Waals surface area contributed by atoms with Crippen LogP contribution in [0.5, 0.6) is 11.5 Å². The first-order valence-electron chi connectivity index (χ1n) is 11.1. The van der Waals surface area contributed by atoms with E-state index >= 15 is 0 Å². The van der Waals surface area contributed by atoms with E-state index in [1.54, 1.807) is 36.4 Å². The number of benzene rings is 3. The fraction of sp³-hybridized carbons (Fsp3) is 0.231. The largest absolute Gasteiger partial charge is 0.497 e. The number of hydrogen-bond acceptors (Lipinski definition) is 5. The van der Waals surface area contributed by atoms with Crippen molar-refractivity contribution in [1.82, 2.24) is 4.90 Å². The molecule has 188 valence electrons. The predicted octanol–water partition coefficient (Wildman–Crippen LogP) is 5.35. The Morgan fingerprint density at radius 1 is 1.06 bits per heavy atom. The molecule has 0 saturated heterocycles. The minimum Gasteiger partial charge on any atom is -0.497 e. The molecular weight excluding hydrogens is 475 g/mol. The summed E-state index contributed by atoms with van der Waals surface area (Å²) < 4.78 is 52.5. The van der Waals surface area contributed by atoms with Gasteiger partial charge in [-0.3, -0.25) is 0 Å². The number of amides is 2. The van der Waals surface area contributed by atoms with E-state index in [4.69, 9.17) is 14.3 Å². The smallest absolute Gasteiger partial charge is 0.322 e. The summed E-state index contributed by atoms with van der Waals surface area (Å²) in [5.41, 5.74) is 1.19. The second kappa shape index (κ2) is 11.0. The van der Waals surface area contributed by atoms with E-state index in [0.717, 1.165) is 12.1 Å². The zero-order valence-corrected chi connectivity index (χ0v) is 19.6. The lowest BCUT2D eigenvalue weighted by Crippen LogP contribution is -2.40. The van der Waals surface area contributed by atoms with Gasteiger partial charge >= 0.3 is 6.03 Å². The fourth-order valence-corrected chi connectivity index (χ4v) is 3.80. The van der Waals surface area contributed by atoms with Crippen LogP contribution in [0.25, 0.3) is 0 Å². The van der Waals surface area contributed by atoms with Gasteiger partial charge in [0.2, 0.25) is 0 Å². The summed E-state index contributed by atoms with van der Waals surface area (Å²) in [4.78, 5) is 20.1. The highest BCUT2D eigenvalue weighted by atomic mass is 19.1. The number of urea groups is 1. The van der Waals surface area contributed by atoms with Gasteiger partial charge in [-0.25, -0.2) is 18.0 Å². The second-order valence-corrected chi connectivity index (χ2v) is 8.06. The third-order valence-corrected chi connectivity index (χ3v) is 5.66. The molecule has 0 fully saturated rings. The lowest BCUT2D eigenvalue weighted by molar-refractivity contribution is 0.0606. The van der Waals surface area contributed by atoms with E-state index in [1.165, 1.54) is 31.3 Å². The fourth-order valence-electron chi connectivity index (χ4n) is 3.80. The number of methoxy groups -OCH3 is 2. The maximum absolute atomic E-state index is 14.4. The maximum atomic E-state index is 14.4. The van der Waals surface area contributed by atoms with Crippen molar-refractivity contribution in [1.29, 1.82) is 0 Å². The Labute approximate surface area is 206 Å². The van der Waals surface area contributed by atoms with Crippen molar-refractivity contribution < 1.29 is 32.3 Å². The summed E-state index contributed by atoms with van der Waals surface area (Å²) in [6.07, 6.45) is -0.366. The number of nitrogens with zero attached hydrogens (tertiary/aromatic N) is 2. The number of rotatable bonds is 8. The van der Waals surface area contributed by atoms with Crippen LogP contribution in [-0.2, 0) is 11.4 Å². The Bertz CT molecular complexity index is 1290. The molecule has 1 aliphatic rings. The van der Waals surface area contributed by atoms with Crippen LogP contribution >= 0.6 is 0 Å². The molecule has 1 heterocycles. The lowest BCUT2D eigenvalue weighted by Gasteiger charge is -2.26. The average Bonchev–Trinajstić information content (AvgIpc) is 3.33. The molecule has 0 spiro atoms. The Morgan fingerprint density at radius 2 is 1.86 bits per heavy atom. The minimum absolute atomic E-state index is 0.00255. The van der Waals surface area contributed by atoms with Gasteiger partial charge in [0.15, 0.2) is 6.10 Å². The van der Waals surface area contributed by atoms with Gasteiger partial charge in [0.05, 0.1) is 38.7 Å². The van der Waals surface area contributed by atoms with E-state index in [-0.39, 0.29) is 25.1 Å². The van der Waals surface area contributed by atoms with E-state index in [2.05, 4.69) is 10.5 Å². The predicted molar refractivity (Wildman–Crippen MR) is 128 cm³/mol. The molecule has 0 aromatic heterocycles. The molecule has 10 heteroatoms. The zero-order chi connectivity index (χ0) is 25.7. The van der Waals surface area contributed by atoms with Crippen molar-refractivity contribution in [2.24, 2.45) is 5.16 Å². The normalized spacial score (nSPS) is 14.6. The first-order chi connectivity index (χ1) is 17.4. The molecule has 0 aliphatic carbocycles. The van der Waals surface area contributed by atoms with Crippen LogP contribution in [-0.4, -0.2) is 43.5 Å². The van der Waals surface area contributed by atoms with Gasteiger partial charge < -0.3 is 24.5 Å². The molecule has 0 radical (unpaired) electrons. The van der Waals surface area contributed by atoms with Gasteiger partial charge in [0.1, 0.15) is 29.0 Å². The summed E-state index contributed by atoms with van der Waals surface area (Å²) in [5, 5.41) is 6.73. The van der Waals surface area contributed by atoms with Crippen molar-refractivity contribution in [2.45, 2.75) is 19.1 Å². The van der Waals surface area contributed by atoms with Crippen LogP contribution in [0.2, 0.25) is 0 Å². The molecule has 4 rings (SSSR count). The van der Waals surface area contributed by atoms with Crippen molar-refractivity contribution in [2.75, 3.05) is 26.1 Å². The minimum atomic E-state index is -0.787. The first kappa shape index (κ1) is 24.9.